The summed E-state index contributed by atoms with van der Waals surface area (Å²) in [6.07, 6.45) is 3.04. The second-order valence-corrected chi connectivity index (χ2v) is 7.66. The predicted octanol–water partition coefficient (Wildman–Crippen LogP) is 5.24. The van der Waals surface area contributed by atoms with Gasteiger partial charge < -0.3 is 14.9 Å². The third-order valence-electron chi connectivity index (χ3n) is 5.71. The zero-order valence-electron chi connectivity index (χ0n) is 14.9. The highest BCUT2D eigenvalue weighted by Crippen LogP contribution is 2.51. The summed E-state index contributed by atoms with van der Waals surface area (Å²) in [5, 5.41) is 9.92. The molecule has 136 valence electrons. The van der Waals surface area contributed by atoms with E-state index in [-0.39, 0.29) is 12.5 Å². The Balaban J connectivity index is 1.87. The normalized spacial score (nSPS) is 21.5. The first-order chi connectivity index (χ1) is 12.6. The Bertz CT molecular complexity index is 839. The second kappa shape index (κ2) is 6.84. The number of piperidine rings is 1. The maximum Gasteiger partial charge on any atom is 0.303 e. The van der Waals surface area contributed by atoms with Gasteiger partial charge in [-0.1, -0.05) is 29.8 Å². The summed E-state index contributed by atoms with van der Waals surface area (Å²) in [7, 11) is 2.09. The van der Waals surface area contributed by atoms with E-state index in [0.29, 0.717) is 12.3 Å². The van der Waals surface area contributed by atoms with Gasteiger partial charge in [0.1, 0.15) is 0 Å². The van der Waals surface area contributed by atoms with Crippen LogP contribution >= 0.6 is 11.6 Å². The van der Waals surface area contributed by atoms with Gasteiger partial charge in [-0.25, -0.2) is 0 Å². The number of anilines is 3. The van der Waals surface area contributed by atoms with Crippen LogP contribution in [0.1, 0.15) is 37.3 Å². The molecule has 4 rings (SSSR count). The molecule has 0 bridgehead atoms. The average molecular weight is 371 g/mol. The fourth-order valence-electron chi connectivity index (χ4n) is 4.56. The minimum absolute atomic E-state index is 0.182. The molecule has 1 N–H and O–H groups in total. The topological polar surface area (TPSA) is 43.8 Å². The molecule has 0 aromatic heterocycles. The Labute approximate surface area is 159 Å². The van der Waals surface area contributed by atoms with Crippen LogP contribution in [-0.2, 0) is 4.79 Å². The zero-order valence-corrected chi connectivity index (χ0v) is 15.6. The van der Waals surface area contributed by atoms with Gasteiger partial charge in [0, 0.05) is 30.7 Å². The van der Waals surface area contributed by atoms with E-state index in [0.717, 1.165) is 35.8 Å². The van der Waals surface area contributed by atoms with E-state index >= 15 is 0 Å². The summed E-state index contributed by atoms with van der Waals surface area (Å²) in [4.78, 5) is 15.8. The Morgan fingerprint density at radius 3 is 2.81 bits per heavy atom. The summed E-state index contributed by atoms with van der Waals surface area (Å²) < 4.78 is 0. The van der Waals surface area contributed by atoms with Crippen molar-refractivity contribution in [2.24, 2.45) is 5.92 Å². The highest BCUT2D eigenvalue weighted by molar-refractivity contribution is 6.31. The number of nitrogens with zero attached hydrogens (tertiary/aromatic N) is 2. The van der Waals surface area contributed by atoms with Gasteiger partial charge in [-0.2, -0.15) is 0 Å². The number of halogens is 1. The van der Waals surface area contributed by atoms with Gasteiger partial charge in [0.15, 0.2) is 0 Å². The molecule has 4 nitrogen and oxygen atoms in total. The first-order valence-electron chi connectivity index (χ1n) is 9.17. The quantitative estimate of drug-likeness (QED) is 0.801. The van der Waals surface area contributed by atoms with Crippen LogP contribution in [-0.4, -0.2) is 24.7 Å². The molecule has 1 fully saturated rings. The Morgan fingerprint density at radius 2 is 2.00 bits per heavy atom. The van der Waals surface area contributed by atoms with Gasteiger partial charge in [-0.3, -0.25) is 4.79 Å². The van der Waals surface area contributed by atoms with E-state index in [1.807, 2.05) is 12.1 Å². The van der Waals surface area contributed by atoms with Crippen molar-refractivity contribution in [1.29, 1.82) is 0 Å². The van der Waals surface area contributed by atoms with E-state index in [1.165, 1.54) is 11.3 Å². The lowest BCUT2D eigenvalue weighted by Gasteiger charge is -2.42. The molecule has 26 heavy (non-hydrogen) atoms. The molecule has 2 aliphatic heterocycles. The van der Waals surface area contributed by atoms with Gasteiger partial charge in [0.2, 0.25) is 0 Å². The van der Waals surface area contributed by atoms with Crippen molar-refractivity contribution < 1.29 is 9.90 Å². The Hall–Kier alpha value is -2.20. The number of carboxylic acid groups (broad SMARTS) is 1. The third-order valence-corrected chi connectivity index (χ3v) is 5.95. The largest absolute Gasteiger partial charge is 0.481 e. The van der Waals surface area contributed by atoms with E-state index in [2.05, 4.69) is 47.2 Å². The van der Waals surface area contributed by atoms with Gasteiger partial charge in [0.25, 0.3) is 0 Å². The predicted molar refractivity (Wildman–Crippen MR) is 106 cm³/mol. The molecule has 5 heteroatoms. The minimum atomic E-state index is -0.718. The SMILES string of the molecule is CN1c2ccccc2C2[C@@H](CCC(=O)O)CCCN2c2cc(Cl)ccc21. The molecule has 2 aromatic carbocycles. The molecule has 0 amide bonds. The van der Waals surface area contributed by atoms with Crippen molar-refractivity contribution in [3.05, 3.63) is 53.1 Å². The fraction of sp³-hybridized carbons (Fsp3) is 0.381. The highest BCUT2D eigenvalue weighted by atomic mass is 35.5. The second-order valence-electron chi connectivity index (χ2n) is 7.22. The maximum atomic E-state index is 11.2. The molecule has 2 atom stereocenters. The molecule has 0 spiro atoms. The number of benzene rings is 2. The first kappa shape index (κ1) is 17.2. The highest BCUT2D eigenvalue weighted by Gasteiger charge is 2.38. The number of hydrogen-bond acceptors (Lipinski definition) is 3. The van der Waals surface area contributed by atoms with Gasteiger partial charge in [0.05, 0.1) is 17.4 Å². The molecule has 1 saturated heterocycles. The van der Waals surface area contributed by atoms with Crippen molar-refractivity contribution >= 4 is 34.6 Å². The van der Waals surface area contributed by atoms with Crippen LogP contribution in [0.4, 0.5) is 17.1 Å². The van der Waals surface area contributed by atoms with Crippen molar-refractivity contribution in [2.45, 2.75) is 31.7 Å². The van der Waals surface area contributed by atoms with Crippen LogP contribution < -0.4 is 9.80 Å². The summed E-state index contributed by atoms with van der Waals surface area (Å²) in [5.74, 6) is -0.399. The first-order valence-corrected chi connectivity index (χ1v) is 9.54. The molecular formula is C21H23ClN2O2. The number of para-hydroxylation sites is 1. The number of carboxylic acids is 1. The van der Waals surface area contributed by atoms with E-state index in [9.17, 15) is 9.90 Å². The van der Waals surface area contributed by atoms with Crippen LogP contribution in [0.3, 0.4) is 0 Å². The molecule has 2 aliphatic rings. The summed E-state index contributed by atoms with van der Waals surface area (Å²) in [5.41, 5.74) is 4.74. The lowest BCUT2D eigenvalue weighted by molar-refractivity contribution is -0.137. The molecule has 0 saturated carbocycles. The minimum Gasteiger partial charge on any atom is -0.481 e. The molecule has 2 heterocycles. The summed E-state index contributed by atoms with van der Waals surface area (Å²) in [6, 6.07) is 14.7. The number of rotatable bonds is 3. The van der Waals surface area contributed by atoms with E-state index < -0.39 is 5.97 Å². The molecule has 1 unspecified atom stereocenters. The number of fused-ring (bicyclic) bond motifs is 5. The molecule has 0 aliphatic carbocycles. The van der Waals surface area contributed by atoms with Crippen LogP contribution in [0.2, 0.25) is 5.02 Å². The van der Waals surface area contributed by atoms with Crippen LogP contribution in [0.25, 0.3) is 0 Å². The van der Waals surface area contributed by atoms with E-state index in [1.54, 1.807) is 0 Å². The number of aliphatic carboxylic acids is 1. The van der Waals surface area contributed by atoms with Gasteiger partial charge in [-0.05, 0) is 55.0 Å². The van der Waals surface area contributed by atoms with Crippen LogP contribution in [0.15, 0.2) is 42.5 Å². The Kier molecular flexibility index (Phi) is 4.53. The van der Waals surface area contributed by atoms with E-state index in [4.69, 9.17) is 11.6 Å². The maximum absolute atomic E-state index is 11.2. The summed E-state index contributed by atoms with van der Waals surface area (Å²) >= 11 is 6.34. The van der Waals surface area contributed by atoms with Crippen molar-refractivity contribution in [2.75, 3.05) is 23.4 Å². The fourth-order valence-corrected chi connectivity index (χ4v) is 4.73. The Morgan fingerprint density at radius 1 is 1.19 bits per heavy atom. The number of hydrogen-bond donors (Lipinski definition) is 1. The van der Waals surface area contributed by atoms with Crippen molar-refractivity contribution in [3.8, 4) is 0 Å². The van der Waals surface area contributed by atoms with Crippen molar-refractivity contribution in [3.63, 3.8) is 0 Å². The lowest BCUT2D eigenvalue weighted by Crippen LogP contribution is -2.38. The monoisotopic (exact) mass is 370 g/mol. The molecular weight excluding hydrogens is 348 g/mol. The van der Waals surface area contributed by atoms with Crippen LogP contribution in [0, 0.1) is 5.92 Å². The number of carbonyl (C=O) groups is 1. The standard InChI is InChI=1S/C21H23ClN2O2/c1-23-17-7-3-2-6-16(17)21-14(8-11-20(25)26)5-4-12-24(21)19-13-15(22)9-10-18(19)23/h2-3,6-7,9-10,13-14,21H,4-5,8,11-12H2,1H3,(H,25,26)/t14-,21?/m1/s1. The molecule has 0 radical (unpaired) electrons. The third kappa shape index (κ3) is 2.92. The van der Waals surface area contributed by atoms with Crippen LogP contribution in [0.5, 0.6) is 0 Å². The van der Waals surface area contributed by atoms with Gasteiger partial charge in [-0.15, -0.1) is 0 Å². The zero-order chi connectivity index (χ0) is 18.3. The average Bonchev–Trinajstić information content (AvgIpc) is 2.74. The summed E-state index contributed by atoms with van der Waals surface area (Å²) in [6.45, 7) is 0.962. The molecule has 2 aromatic rings. The lowest BCUT2D eigenvalue weighted by atomic mass is 9.81. The van der Waals surface area contributed by atoms with Gasteiger partial charge >= 0.3 is 5.97 Å². The van der Waals surface area contributed by atoms with Crippen molar-refractivity contribution in [1.82, 2.24) is 0 Å². The smallest absolute Gasteiger partial charge is 0.303 e.